The van der Waals surface area contributed by atoms with Gasteiger partial charge in [-0.15, -0.1) is 0 Å². The molecule has 0 aliphatic heterocycles. The molecule has 0 bridgehead atoms. The zero-order valence-corrected chi connectivity index (χ0v) is 9.62. The van der Waals surface area contributed by atoms with Gasteiger partial charge in [0, 0.05) is 12.1 Å². The van der Waals surface area contributed by atoms with E-state index < -0.39 is 0 Å². The van der Waals surface area contributed by atoms with E-state index in [2.05, 4.69) is 10.6 Å². The summed E-state index contributed by atoms with van der Waals surface area (Å²) in [4.78, 5) is 11.7. The average Bonchev–Trinajstić information content (AvgIpc) is 1.82. The lowest BCUT2D eigenvalue weighted by atomic mass is 9.91. The van der Waals surface area contributed by atoms with E-state index in [1.54, 1.807) is 0 Å². The first-order valence-corrected chi connectivity index (χ1v) is 4.66. The summed E-state index contributed by atoms with van der Waals surface area (Å²) < 4.78 is 0. The summed E-state index contributed by atoms with van der Waals surface area (Å²) in [6.07, 6.45) is 0. The Morgan fingerprint density at radius 1 is 1.15 bits per heavy atom. The van der Waals surface area contributed by atoms with Crippen LogP contribution in [0.3, 0.4) is 0 Å². The maximum Gasteiger partial charge on any atom is 0.227 e. The predicted octanol–water partition coefficient (Wildman–Crippen LogP) is 1.15. The highest BCUT2D eigenvalue weighted by Gasteiger charge is 2.29. The molecule has 3 nitrogen and oxygen atoms in total. The van der Waals surface area contributed by atoms with Crippen LogP contribution in [0.4, 0.5) is 0 Å². The molecule has 0 atom stereocenters. The lowest BCUT2D eigenvalue weighted by Gasteiger charge is -2.29. The van der Waals surface area contributed by atoms with E-state index in [-0.39, 0.29) is 16.9 Å². The van der Waals surface area contributed by atoms with Gasteiger partial charge in [-0.05, 0) is 41.7 Å². The zero-order valence-electron chi connectivity index (χ0n) is 9.62. The molecule has 0 aromatic rings. The zero-order chi connectivity index (χ0) is 10.7. The van der Waals surface area contributed by atoms with Crippen molar-refractivity contribution >= 4 is 5.91 Å². The fourth-order valence-electron chi connectivity index (χ4n) is 1.03. The number of hydrogen-bond acceptors (Lipinski definition) is 2. The molecular weight excluding hydrogens is 164 g/mol. The van der Waals surface area contributed by atoms with Crippen molar-refractivity contribution in [2.45, 2.75) is 40.2 Å². The van der Waals surface area contributed by atoms with Crippen molar-refractivity contribution in [2.75, 3.05) is 13.6 Å². The Kier molecular flexibility index (Phi) is 3.91. The van der Waals surface area contributed by atoms with Crippen LogP contribution >= 0.6 is 0 Å². The Labute approximate surface area is 81.3 Å². The third-order valence-corrected chi connectivity index (χ3v) is 1.72. The first-order chi connectivity index (χ1) is 5.69. The molecule has 0 saturated heterocycles. The van der Waals surface area contributed by atoms with E-state index in [0.29, 0.717) is 6.54 Å². The fourth-order valence-corrected chi connectivity index (χ4v) is 1.03. The maximum atomic E-state index is 11.7. The molecule has 0 radical (unpaired) electrons. The van der Waals surface area contributed by atoms with Crippen molar-refractivity contribution in [3.8, 4) is 0 Å². The van der Waals surface area contributed by atoms with Gasteiger partial charge < -0.3 is 10.6 Å². The molecular formula is C10H22N2O. The Hall–Kier alpha value is -0.570. The number of carbonyl (C=O) groups excluding carboxylic acids is 1. The van der Waals surface area contributed by atoms with Gasteiger partial charge in [-0.25, -0.2) is 0 Å². The van der Waals surface area contributed by atoms with Crippen molar-refractivity contribution in [1.29, 1.82) is 0 Å². The molecule has 0 aromatic carbocycles. The minimum absolute atomic E-state index is 0.0920. The maximum absolute atomic E-state index is 11.7. The van der Waals surface area contributed by atoms with E-state index >= 15 is 0 Å². The van der Waals surface area contributed by atoms with E-state index in [4.69, 9.17) is 0 Å². The second-order valence-electron chi connectivity index (χ2n) is 5.12. The number of hydrogen-bond donors (Lipinski definition) is 2. The molecule has 0 fully saturated rings. The molecule has 0 aliphatic carbocycles. The summed E-state index contributed by atoms with van der Waals surface area (Å²) >= 11 is 0. The molecule has 0 heterocycles. The summed E-state index contributed by atoms with van der Waals surface area (Å²) in [7, 11) is 1.85. The van der Waals surface area contributed by atoms with Crippen LogP contribution in [0, 0.1) is 5.41 Å². The molecule has 0 spiro atoms. The fraction of sp³-hybridized carbons (Fsp3) is 0.900. The minimum Gasteiger partial charge on any atom is -0.351 e. The number of nitrogens with one attached hydrogen (secondary N) is 2. The summed E-state index contributed by atoms with van der Waals surface area (Å²) in [6.45, 7) is 10.5. The van der Waals surface area contributed by atoms with Gasteiger partial charge >= 0.3 is 0 Å². The molecule has 2 N–H and O–H groups in total. The van der Waals surface area contributed by atoms with Gasteiger partial charge in [0.25, 0.3) is 0 Å². The van der Waals surface area contributed by atoms with Gasteiger partial charge in [0.15, 0.2) is 0 Å². The lowest BCUT2D eigenvalue weighted by molar-refractivity contribution is -0.130. The summed E-state index contributed by atoms with van der Waals surface area (Å²) in [5, 5.41) is 5.98. The lowest BCUT2D eigenvalue weighted by Crippen LogP contribution is -2.49. The quantitative estimate of drug-likeness (QED) is 0.694. The summed E-state index contributed by atoms with van der Waals surface area (Å²) in [5.74, 6) is 0.0920. The monoisotopic (exact) mass is 186 g/mol. The molecule has 0 saturated carbocycles. The van der Waals surface area contributed by atoms with Crippen LogP contribution in [0.15, 0.2) is 0 Å². The Morgan fingerprint density at radius 3 is 1.92 bits per heavy atom. The summed E-state index contributed by atoms with van der Waals surface area (Å²) in [5.41, 5.74) is -0.496. The normalized spacial score (nSPS) is 12.8. The Balaban J connectivity index is 4.25. The number of amides is 1. The molecule has 3 heteroatoms. The van der Waals surface area contributed by atoms with Crippen LogP contribution < -0.4 is 10.6 Å². The highest BCUT2D eigenvalue weighted by molar-refractivity contribution is 5.82. The van der Waals surface area contributed by atoms with E-state index in [0.717, 1.165) is 0 Å². The van der Waals surface area contributed by atoms with Crippen molar-refractivity contribution in [3.05, 3.63) is 0 Å². The van der Waals surface area contributed by atoms with Crippen LogP contribution in [0.2, 0.25) is 0 Å². The highest BCUT2D eigenvalue weighted by Crippen LogP contribution is 2.15. The molecule has 13 heavy (non-hydrogen) atoms. The standard InChI is InChI=1S/C10H22N2O/c1-9(2,3)12-8(13)10(4,5)7-11-6/h11H,7H2,1-6H3,(H,12,13). The average molecular weight is 186 g/mol. The third-order valence-electron chi connectivity index (χ3n) is 1.72. The molecule has 78 valence electrons. The molecule has 0 rings (SSSR count). The van der Waals surface area contributed by atoms with Crippen LogP contribution in [-0.2, 0) is 4.79 Å². The van der Waals surface area contributed by atoms with Gasteiger partial charge in [0.2, 0.25) is 5.91 Å². The van der Waals surface area contributed by atoms with Crippen LogP contribution in [0.5, 0.6) is 0 Å². The van der Waals surface area contributed by atoms with Crippen molar-refractivity contribution in [2.24, 2.45) is 5.41 Å². The van der Waals surface area contributed by atoms with E-state index in [1.165, 1.54) is 0 Å². The van der Waals surface area contributed by atoms with E-state index in [9.17, 15) is 4.79 Å². The highest BCUT2D eigenvalue weighted by atomic mass is 16.2. The topological polar surface area (TPSA) is 41.1 Å². The van der Waals surface area contributed by atoms with Crippen molar-refractivity contribution in [1.82, 2.24) is 10.6 Å². The van der Waals surface area contributed by atoms with Gasteiger partial charge in [-0.1, -0.05) is 0 Å². The van der Waals surface area contributed by atoms with Gasteiger partial charge in [-0.3, -0.25) is 4.79 Å². The van der Waals surface area contributed by atoms with Gasteiger partial charge in [0.05, 0.1) is 5.41 Å². The Morgan fingerprint density at radius 2 is 1.62 bits per heavy atom. The molecule has 0 unspecified atom stereocenters. The minimum atomic E-state index is -0.345. The Bertz CT molecular complexity index is 180. The van der Waals surface area contributed by atoms with Crippen LogP contribution in [-0.4, -0.2) is 25.0 Å². The van der Waals surface area contributed by atoms with E-state index in [1.807, 2.05) is 41.7 Å². The third kappa shape index (κ3) is 4.88. The SMILES string of the molecule is CNCC(C)(C)C(=O)NC(C)(C)C. The molecule has 0 aliphatic rings. The van der Waals surface area contributed by atoms with Crippen LogP contribution in [0.1, 0.15) is 34.6 Å². The predicted molar refractivity (Wildman–Crippen MR) is 55.6 cm³/mol. The molecule has 0 aromatic heterocycles. The smallest absolute Gasteiger partial charge is 0.227 e. The number of carbonyl (C=O) groups is 1. The van der Waals surface area contributed by atoms with Gasteiger partial charge in [0.1, 0.15) is 0 Å². The van der Waals surface area contributed by atoms with Gasteiger partial charge in [-0.2, -0.15) is 0 Å². The number of rotatable bonds is 3. The first-order valence-electron chi connectivity index (χ1n) is 4.66. The van der Waals surface area contributed by atoms with Crippen molar-refractivity contribution < 1.29 is 4.79 Å². The molecule has 1 amide bonds. The second kappa shape index (κ2) is 4.09. The van der Waals surface area contributed by atoms with Crippen molar-refractivity contribution in [3.63, 3.8) is 0 Å². The second-order valence-corrected chi connectivity index (χ2v) is 5.12. The van der Waals surface area contributed by atoms with Crippen LogP contribution in [0.25, 0.3) is 0 Å². The first kappa shape index (κ1) is 12.4. The summed E-state index contributed by atoms with van der Waals surface area (Å²) in [6, 6.07) is 0. The largest absolute Gasteiger partial charge is 0.351 e.